The molecular weight excluding hydrogens is 452 g/mol. The zero-order chi connectivity index (χ0) is 25.2. The van der Waals surface area contributed by atoms with Gasteiger partial charge in [0.25, 0.3) is 5.91 Å². The van der Waals surface area contributed by atoms with Crippen molar-refractivity contribution in [3.63, 3.8) is 0 Å². The van der Waals surface area contributed by atoms with Gasteiger partial charge in [-0.1, -0.05) is 24.3 Å². The first-order valence-corrected chi connectivity index (χ1v) is 13.2. The third kappa shape index (κ3) is 5.01. The van der Waals surface area contributed by atoms with E-state index in [0.717, 1.165) is 86.2 Å². The highest BCUT2D eigenvalue weighted by molar-refractivity contribution is 6.03. The number of nitrogens with zero attached hydrogens (tertiary/aromatic N) is 3. The number of hydrogen-bond donors (Lipinski definition) is 2. The largest absolute Gasteiger partial charge is 0.497 e. The summed E-state index contributed by atoms with van der Waals surface area (Å²) in [5.74, 6) is 0.440. The normalized spacial score (nSPS) is 19.5. The highest BCUT2D eigenvalue weighted by atomic mass is 16.5. The minimum absolute atomic E-state index is 0.134. The highest BCUT2D eigenvalue weighted by Gasteiger charge is 2.28. The molecule has 7 nitrogen and oxygen atoms in total. The molecule has 1 atom stereocenters. The summed E-state index contributed by atoms with van der Waals surface area (Å²) in [6.45, 7) is 7.30. The van der Waals surface area contributed by atoms with Gasteiger partial charge in [-0.25, -0.2) is 0 Å². The van der Waals surface area contributed by atoms with Crippen molar-refractivity contribution >= 4 is 16.8 Å². The Hall–Kier alpha value is -2.87. The van der Waals surface area contributed by atoms with Crippen molar-refractivity contribution in [2.24, 2.45) is 5.73 Å². The molecule has 2 aliphatic rings. The number of carbonyl (C=O) groups excluding carboxylic acids is 1. The van der Waals surface area contributed by atoms with Crippen molar-refractivity contribution in [1.82, 2.24) is 14.4 Å². The van der Waals surface area contributed by atoms with Gasteiger partial charge in [0.2, 0.25) is 0 Å². The number of ether oxygens (including phenoxy) is 1. The lowest BCUT2D eigenvalue weighted by molar-refractivity contribution is 0.0493. The molecule has 2 aliphatic heterocycles. The van der Waals surface area contributed by atoms with Gasteiger partial charge in [0.1, 0.15) is 11.4 Å². The average molecular weight is 491 g/mol. The van der Waals surface area contributed by atoms with E-state index in [1.165, 1.54) is 0 Å². The molecule has 2 aromatic carbocycles. The lowest BCUT2D eigenvalue weighted by Crippen LogP contribution is -2.48. The van der Waals surface area contributed by atoms with Gasteiger partial charge < -0.3 is 25.0 Å². The first-order chi connectivity index (χ1) is 17.4. The van der Waals surface area contributed by atoms with Crippen molar-refractivity contribution in [3.05, 3.63) is 54.2 Å². The summed E-state index contributed by atoms with van der Waals surface area (Å²) < 4.78 is 7.51. The number of aromatic nitrogens is 1. The van der Waals surface area contributed by atoms with Gasteiger partial charge >= 0.3 is 0 Å². The number of fused-ring (bicyclic) bond motifs is 1. The van der Waals surface area contributed by atoms with E-state index in [9.17, 15) is 9.90 Å². The summed E-state index contributed by atoms with van der Waals surface area (Å²) >= 11 is 0. The van der Waals surface area contributed by atoms with E-state index in [-0.39, 0.29) is 18.1 Å². The molecule has 0 radical (unpaired) electrons. The first-order valence-electron chi connectivity index (χ1n) is 13.2. The molecule has 3 N–H and O–H groups in total. The molecule has 3 aromatic rings. The Morgan fingerprint density at radius 1 is 1.06 bits per heavy atom. The summed E-state index contributed by atoms with van der Waals surface area (Å²) in [5.41, 5.74) is 9.72. The quantitative estimate of drug-likeness (QED) is 0.525. The maximum atomic E-state index is 12.5. The zero-order valence-corrected chi connectivity index (χ0v) is 21.4. The number of amides is 1. The van der Waals surface area contributed by atoms with Crippen LogP contribution in [-0.2, 0) is 0 Å². The molecule has 36 heavy (non-hydrogen) atoms. The highest BCUT2D eigenvalue weighted by Crippen LogP contribution is 2.36. The van der Waals surface area contributed by atoms with Gasteiger partial charge in [-0.05, 0) is 68.0 Å². The second-order valence-corrected chi connectivity index (χ2v) is 10.4. The maximum absolute atomic E-state index is 12.5. The molecule has 0 bridgehead atoms. The molecule has 0 saturated carbocycles. The molecule has 2 fully saturated rings. The van der Waals surface area contributed by atoms with Crippen LogP contribution in [0.25, 0.3) is 22.0 Å². The average Bonchev–Trinajstić information content (AvgIpc) is 3.30. The Balaban J connectivity index is 1.34. The minimum Gasteiger partial charge on any atom is -0.497 e. The van der Waals surface area contributed by atoms with Crippen LogP contribution in [0.4, 0.5) is 0 Å². The number of methoxy groups -OCH3 is 1. The smallest absolute Gasteiger partial charge is 0.265 e. The number of primary amides is 1. The lowest BCUT2D eigenvalue weighted by atomic mass is 10.0. The van der Waals surface area contributed by atoms with Gasteiger partial charge in [-0.2, -0.15) is 0 Å². The molecule has 2 saturated heterocycles. The second kappa shape index (κ2) is 10.6. The third-order valence-corrected chi connectivity index (χ3v) is 8.10. The Morgan fingerprint density at radius 2 is 1.75 bits per heavy atom. The molecule has 5 rings (SSSR count). The van der Waals surface area contributed by atoms with Crippen LogP contribution in [0.1, 0.15) is 49.1 Å². The van der Waals surface area contributed by atoms with Crippen LogP contribution >= 0.6 is 0 Å². The van der Waals surface area contributed by atoms with Gasteiger partial charge in [-0.3, -0.25) is 9.69 Å². The number of aliphatic hydroxyl groups excluding tert-OH is 1. The summed E-state index contributed by atoms with van der Waals surface area (Å²) in [7, 11) is 1.67. The summed E-state index contributed by atoms with van der Waals surface area (Å²) in [5, 5.41) is 10.9. The van der Waals surface area contributed by atoms with E-state index >= 15 is 0 Å². The van der Waals surface area contributed by atoms with E-state index in [1.54, 1.807) is 7.11 Å². The van der Waals surface area contributed by atoms with Crippen molar-refractivity contribution in [3.8, 4) is 16.9 Å². The molecule has 192 valence electrons. The van der Waals surface area contributed by atoms with Gasteiger partial charge in [0, 0.05) is 55.7 Å². The number of likely N-dealkylation sites (tertiary alicyclic amines) is 2. The van der Waals surface area contributed by atoms with Crippen LogP contribution in [0.5, 0.6) is 5.75 Å². The Bertz CT molecular complexity index is 1190. The number of aliphatic hydroxyl groups is 1. The van der Waals surface area contributed by atoms with Crippen LogP contribution in [0, 0.1) is 0 Å². The number of hydrogen-bond acceptors (Lipinski definition) is 5. The lowest BCUT2D eigenvalue weighted by Gasteiger charge is -2.39. The molecule has 3 heterocycles. The van der Waals surface area contributed by atoms with Gasteiger partial charge in [-0.15, -0.1) is 0 Å². The van der Waals surface area contributed by atoms with Crippen LogP contribution in [-0.4, -0.2) is 77.4 Å². The van der Waals surface area contributed by atoms with E-state index < -0.39 is 0 Å². The molecule has 7 heteroatoms. The summed E-state index contributed by atoms with van der Waals surface area (Å²) in [6, 6.07) is 17.0. The van der Waals surface area contributed by atoms with E-state index in [1.807, 2.05) is 18.2 Å². The Morgan fingerprint density at radius 3 is 2.39 bits per heavy atom. The molecule has 0 unspecified atom stereocenters. The number of carbonyl (C=O) groups is 1. The van der Waals surface area contributed by atoms with Crippen LogP contribution in [0.2, 0.25) is 0 Å². The number of benzene rings is 2. The standard InChI is InChI=1S/C29H38N4O3/c1-20(32-16-12-23(34)13-17-32)19-31-14-10-22(11-15-31)33-27-5-3-4-25(26(27)18-28(33)29(30)35)21-6-8-24(36-2)9-7-21/h3-9,18,20,22-23,34H,10-17,19H2,1-2H3,(H2,30,35)/t20-/m0/s1. The number of rotatable bonds is 7. The predicted molar refractivity (Wildman–Crippen MR) is 143 cm³/mol. The summed E-state index contributed by atoms with van der Waals surface area (Å²) in [6.07, 6.45) is 3.60. The zero-order valence-electron chi connectivity index (χ0n) is 21.4. The van der Waals surface area contributed by atoms with Crippen molar-refractivity contribution in [1.29, 1.82) is 0 Å². The van der Waals surface area contributed by atoms with Crippen molar-refractivity contribution < 1.29 is 14.6 Å². The first kappa shape index (κ1) is 24.8. The fourth-order valence-electron chi connectivity index (χ4n) is 6.03. The Kier molecular flexibility index (Phi) is 7.32. The molecule has 0 spiro atoms. The Labute approximate surface area is 213 Å². The van der Waals surface area contributed by atoms with E-state index in [0.29, 0.717) is 11.7 Å². The monoisotopic (exact) mass is 490 g/mol. The van der Waals surface area contributed by atoms with Crippen molar-refractivity contribution in [2.45, 2.75) is 50.8 Å². The van der Waals surface area contributed by atoms with Crippen LogP contribution in [0.15, 0.2) is 48.5 Å². The number of piperidine rings is 2. The molecule has 1 aromatic heterocycles. The van der Waals surface area contributed by atoms with Crippen LogP contribution < -0.4 is 10.5 Å². The van der Waals surface area contributed by atoms with Crippen molar-refractivity contribution in [2.75, 3.05) is 39.8 Å². The second-order valence-electron chi connectivity index (χ2n) is 10.4. The SMILES string of the molecule is COc1ccc(-c2cccc3c2cc(C(N)=O)n3C2CCN(C[C@H](C)N3CCC(O)CC3)CC2)cc1. The fourth-order valence-corrected chi connectivity index (χ4v) is 6.03. The minimum atomic E-state index is -0.379. The molecular formula is C29H38N4O3. The maximum Gasteiger partial charge on any atom is 0.265 e. The summed E-state index contributed by atoms with van der Waals surface area (Å²) in [4.78, 5) is 17.6. The molecule has 0 aliphatic carbocycles. The fraction of sp³-hybridized carbons (Fsp3) is 0.483. The topological polar surface area (TPSA) is 84.0 Å². The number of nitrogens with two attached hydrogens (primary N) is 1. The van der Waals surface area contributed by atoms with E-state index in [2.05, 4.69) is 51.6 Å². The third-order valence-electron chi connectivity index (χ3n) is 8.10. The van der Waals surface area contributed by atoms with Gasteiger partial charge in [0.15, 0.2) is 0 Å². The van der Waals surface area contributed by atoms with E-state index in [4.69, 9.17) is 10.5 Å². The molecule has 1 amide bonds. The van der Waals surface area contributed by atoms with Crippen LogP contribution in [0.3, 0.4) is 0 Å². The predicted octanol–water partition coefficient (Wildman–Crippen LogP) is 3.90. The van der Waals surface area contributed by atoms with Gasteiger partial charge in [0.05, 0.1) is 13.2 Å².